The Kier molecular flexibility index (Phi) is 38.5. The zero-order valence-corrected chi connectivity index (χ0v) is 9.00. The zero-order chi connectivity index (χ0) is 8.99. The number of aliphatic hydroxyl groups is 2. The van der Waals surface area contributed by atoms with Crippen molar-refractivity contribution in [2.45, 2.75) is 0 Å². The molecule has 0 radical (unpaired) electrons. The fraction of sp³-hybridized carbons (Fsp3) is 1.00. The highest BCUT2D eigenvalue weighted by Crippen LogP contribution is 1.63. The van der Waals surface area contributed by atoms with E-state index < -0.39 is 11.4 Å². The maximum Gasteiger partial charge on any atom is 0.147 e. The van der Waals surface area contributed by atoms with Gasteiger partial charge in [0.25, 0.3) is 0 Å². The Morgan fingerprint density at radius 1 is 1.20 bits per heavy atom. The number of hydrogen-bond donors (Lipinski definition) is 2. The van der Waals surface area contributed by atoms with Crippen LogP contribution in [0.15, 0.2) is 0 Å². The van der Waals surface area contributed by atoms with Crippen molar-refractivity contribution in [3.05, 3.63) is 0 Å². The molecule has 5 nitrogen and oxygen atoms in total. The molecular weight excluding hydrogens is 198 g/mol. The minimum absolute atomic E-state index is 0.278. The average Bonchev–Trinajstić information content (AvgIpc) is 1.65. The van der Waals surface area contributed by atoms with Crippen molar-refractivity contribution in [3.63, 3.8) is 0 Å². The highest BCUT2D eigenvalue weighted by molar-refractivity contribution is 7.72. The maximum atomic E-state index is 8.44. The van der Waals surface area contributed by atoms with Crippen LogP contribution in [0.4, 0.5) is 0 Å². The Bertz CT molecular complexity index is 55.6. The molecule has 0 aliphatic carbocycles. The van der Waals surface area contributed by atoms with Crippen molar-refractivity contribution in [2.75, 3.05) is 12.7 Å². The van der Waals surface area contributed by atoms with Gasteiger partial charge in [0.05, 0.1) is 0 Å². The molecule has 0 rings (SSSR count). The quantitative estimate of drug-likeness (QED) is 0.358. The van der Waals surface area contributed by atoms with Gasteiger partial charge in [-0.1, -0.05) is 0 Å². The Labute approximate surface area is 66.7 Å². The molecule has 2 N–H and O–H groups in total. The van der Waals surface area contributed by atoms with Crippen LogP contribution < -0.4 is 0 Å². The number of hydrogen-bond acceptors (Lipinski definition) is 5. The Morgan fingerprint density at radius 2 is 1.20 bits per heavy atom. The van der Waals surface area contributed by atoms with E-state index in [0.717, 1.165) is 0 Å². The van der Waals surface area contributed by atoms with E-state index in [1.54, 1.807) is 0 Å². The van der Waals surface area contributed by atoms with Crippen LogP contribution >= 0.6 is 18.5 Å². The molecule has 0 aliphatic heterocycles. The van der Waals surface area contributed by atoms with Gasteiger partial charge in [-0.2, -0.15) is 0 Å². The van der Waals surface area contributed by atoms with E-state index in [9.17, 15) is 0 Å². The average molecular weight is 210 g/mol. The van der Waals surface area contributed by atoms with Gasteiger partial charge in [-0.3, -0.25) is 4.21 Å². The minimum atomic E-state index is -3.11. The molecule has 0 fully saturated rings. The van der Waals surface area contributed by atoms with Gasteiger partial charge < -0.3 is 19.3 Å². The lowest BCUT2D eigenvalue weighted by molar-refractivity contribution is 0.374. The summed E-state index contributed by atoms with van der Waals surface area (Å²) in [4.78, 5) is 0. The maximum absolute atomic E-state index is 8.44. The van der Waals surface area contributed by atoms with Crippen LogP contribution in [0.25, 0.3) is 0 Å². The van der Waals surface area contributed by atoms with E-state index in [1.165, 1.54) is 18.5 Å². The monoisotopic (exact) mass is 210 g/mol. The third-order valence-electron chi connectivity index (χ3n) is 0. The molecule has 2 atom stereocenters. The molecule has 0 aromatic heterocycles. The molecule has 0 saturated heterocycles. The van der Waals surface area contributed by atoms with Gasteiger partial charge in [0.2, 0.25) is 0 Å². The molecule has 0 saturated carbocycles. The first kappa shape index (κ1) is 17.1. The fourth-order valence-electron chi connectivity index (χ4n) is 0. The van der Waals surface area contributed by atoms with Gasteiger partial charge >= 0.3 is 0 Å². The largest absolute Gasteiger partial charge is 0.784 e. The van der Waals surface area contributed by atoms with E-state index in [1.807, 2.05) is 0 Å². The summed E-state index contributed by atoms with van der Waals surface area (Å²) in [7, 11) is 3.06. The normalized spacial score (nSPS) is 7.70. The van der Waals surface area contributed by atoms with Crippen LogP contribution in [-0.2, 0) is 11.4 Å². The van der Waals surface area contributed by atoms with Gasteiger partial charge in [-0.05, 0) is 0 Å². The summed E-state index contributed by atoms with van der Waals surface area (Å²) in [6.07, 6.45) is 0.556. The highest BCUT2D eigenvalue weighted by Gasteiger charge is 1.42. The molecule has 0 spiro atoms. The van der Waals surface area contributed by atoms with Gasteiger partial charge in [-0.25, -0.2) is 0 Å². The van der Waals surface area contributed by atoms with Crippen LogP contribution in [0.3, 0.4) is 0 Å². The molecule has 0 amide bonds. The van der Waals surface area contributed by atoms with Crippen molar-refractivity contribution < 1.29 is 23.5 Å². The van der Waals surface area contributed by atoms with Crippen molar-refractivity contribution >= 4 is 29.8 Å². The summed E-state index contributed by atoms with van der Waals surface area (Å²) in [6.45, 7) is 0. The smallest absolute Gasteiger partial charge is 0.147 e. The topological polar surface area (TPSA) is 104 Å². The van der Waals surface area contributed by atoms with E-state index in [0.29, 0.717) is 0 Å². The predicted molar refractivity (Wildman–Crippen MR) is 46.1 cm³/mol. The van der Waals surface area contributed by atoms with Crippen LogP contribution in [0, 0.1) is 0 Å². The van der Waals surface area contributed by atoms with Gasteiger partial charge in [0.15, 0.2) is 0 Å². The van der Waals surface area contributed by atoms with Crippen molar-refractivity contribution in [2.24, 2.45) is 0 Å². The van der Waals surface area contributed by atoms with E-state index in [-0.39, 0.29) is 12.7 Å². The summed E-state index contributed by atoms with van der Waals surface area (Å²) in [5.74, 6) is 0. The molecule has 0 aromatic rings. The lowest BCUT2D eigenvalue weighted by atomic mass is 11.7. The second-order valence-corrected chi connectivity index (χ2v) is 1.95. The number of aliphatic hydroxyl groups excluding tert-OH is 2. The summed E-state index contributed by atoms with van der Waals surface area (Å²) in [5.41, 5.74) is 0. The third kappa shape index (κ3) is 755. The SMILES string of the molecule is O=S([O-])[O-].OC[PH3+].OC[PH3+]. The Balaban J connectivity index is -0.0000000750. The molecule has 0 bridgehead atoms. The second kappa shape index (κ2) is 22.5. The lowest BCUT2D eigenvalue weighted by Gasteiger charge is -2.03. The first-order chi connectivity index (χ1) is 4.56. The van der Waals surface area contributed by atoms with E-state index in [4.69, 9.17) is 23.5 Å². The minimum Gasteiger partial charge on any atom is -0.784 e. The van der Waals surface area contributed by atoms with Crippen LogP contribution in [0.5, 0.6) is 0 Å². The van der Waals surface area contributed by atoms with Gasteiger partial charge in [-0.15, -0.1) is 11.4 Å². The lowest BCUT2D eigenvalue weighted by Crippen LogP contribution is -1.76. The standard InChI is InChI=1S/2CH5OP.H2O3S/c2*2-1-3;1-4(2)3/h2*2H,1,3H2;(H2,1,2,3). The van der Waals surface area contributed by atoms with Crippen LogP contribution in [0.1, 0.15) is 0 Å². The van der Waals surface area contributed by atoms with Crippen molar-refractivity contribution in [1.29, 1.82) is 0 Å². The zero-order valence-electron chi connectivity index (χ0n) is 5.36. The summed E-state index contributed by atoms with van der Waals surface area (Å²) in [5, 5.41) is 15.2. The van der Waals surface area contributed by atoms with Crippen LogP contribution in [0.2, 0.25) is 0 Å². The van der Waals surface area contributed by atoms with E-state index >= 15 is 0 Å². The molecule has 0 aromatic carbocycles. The van der Waals surface area contributed by atoms with E-state index in [2.05, 4.69) is 0 Å². The first-order valence-electron chi connectivity index (χ1n) is 2.13. The highest BCUT2D eigenvalue weighted by atomic mass is 32.2. The summed E-state index contributed by atoms with van der Waals surface area (Å²) < 4.78 is 25.3. The third-order valence-corrected chi connectivity index (χ3v) is 0. The van der Waals surface area contributed by atoms with Crippen molar-refractivity contribution in [3.8, 4) is 0 Å². The Hall–Kier alpha value is 0.850. The van der Waals surface area contributed by atoms with Crippen LogP contribution in [-0.4, -0.2) is 36.2 Å². The predicted octanol–water partition coefficient (Wildman–Crippen LogP) is -1.92. The molecular formula is C2H12O5P2S. The first-order valence-corrected chi connectivity index (χ1v) is 5.13. The molecule has 2 unspecified atom stereocenters. The van der Waals surface area contributed by atoms with Gasteiger partial charge in [0, 0.05) is 18.5 Å². The number of rotatable bonds is 0. The molecule has 8 heteroatoms. The molecule has 0 heterocycles. The van der Waals surface area contributed by atoms with Crippen molar-refractivity contribution in [1.82, 2.24) is 0 Å². The summed E-state index contributed by atoms with van der Waals surface area (Å²) in [6, 6.07) is 0. The molecule has 10 heavy (non-hydrogen) atoms. The Morgan fingerprint density at radius 3 is 1.20 bits per heavy atom. The summed E-state index contributed by atoms with van der Waals surface area (Å²) >= 11 is -3.11. The molecule has 66 valence electrons. The second-order valence-electron chi connectivity index (χ2n) is 0.651. The van der Waals surface area contributed by atoms with Gasteiger partial charge in [0.1, 0.15) is 12.7 Å². The molecule has 0 aliphatic rings. The fourth-order valence-corrected chi connectivity index (χ4v) is 0.